The van der Waals surface area contributed by atoms with Gasteiger partial charge in [-0.2, -0.15) is 0 Å². The molecule has 0 aromatic heterocycles. The lowest BCUT2D eigenvalue weighted by atomic mass is 10.1. The van der Waals surface area contributed by atoms with Crippen LogP contribution in [0.1, 0.15) is 36.0 Å². The third-order valence-corrected chi connectivity index (χ3v) is 3.49. The largest absolute Gasteiger partial charge is 0.349 e. The van der Waals surface area contributed by atoms with Gasteiger partial charge in [0.1, 0.15) is 5.88 Å². The maximum Gasteiger partial charge on any atom is 0.251 e. The van der Waals surface area contributed by atoms with Gasteiger partial charge in [0.25, 0.3) is 5.91 Å². The Kier molecular flexibility index (Phi) is 4.80. The number of nitrogens with one attached hydrogen (secondary N) is 2. The van der Waals surface area contributed by atoms with Crippen molar-refractivity contribution in [3.05, 3.63) is 29.8 Å². The van der Waals surface area contributed by atoms with Gasteiger partial charge in [0, 0.05) is 17.3 Å². The molecule has 1 fully saturated rings. The Bertz CT molecular complexity index is 453. The average molecular weight is 281 g/mol. The number of hydrogen-bond donors (Lipinski definition) is 2. The molecule has 5 heteroatoms. The predicted molar refractivity (Wildman–Crippen MR) is 75.5 cm³/mol. The van der Waals surface area contributed by atoms with E-state index in [1.54, 1.807) is 24.3 Å². The number of benzene rings is 1. The summed E-state index contributed by atoms with van der Waals surface area (Å²) in [5, 5.41) is 5.65. The molecule has 2 N–H and O–H groups in total. The maximum atomic E-state index is 12.0. The topological polar surface area (TPSA) is 58.2 Å². The van der Waals surface area contributed by atoms with Crippen molar-refractivity contribution < 1.29 is 9.59 Å². The second kappa shape index (κ2) is 6.57. The zero-order chi connectivity index (χ0) is 13.7. The highest BCUT2D eigenvalue weighted by molar-refractivity contribution is 6.29. The molecule has 19 heavy (non-hydrogen) atoms. The molecule has 0 aliphatic heterocycles. The first-order valence-corrected chi connectivity index (χ1v) is 6.99. The number of rotatable bonds is 4. The zero-order valence-corrected chi connectivity index (χ0v) is 11.4. The van der Waals surface area contributed by atoms with Crippen LogP contribution in [0.5, 0.6) is 0 Å². The van der Waals surface area contributed by atoms with Gasteiger partial charge >= 0.3 is 0 Å². The van der Waals surface area contributed by atoms with E-state index in [0.717, 1.165) is 12.8 Å². The van der Waals surface area contributed by atoms with Gasteiger partial charge in [0.2, 0.25) is 5.91 Å². The Labute approximate surface area is 117 Å². The monoisotopic (exact) mass is 280 g/mol. The molecule has 0 bridgehead atoms. The highest BCUT2D eigenvalue weighted by atomic mass is 35.5. The van der Waals surface area contributed by atoms with Crippen molar-refractivity contribution in [2.24, 2.45) is 0 Å². The summed E-state index contributed by atoms with van der Waals surface area (Å²) in [6.07, 6.45) is 4.51. The summed E-state index contributed by atoms with van der Waals surface area (Å²) in [5.41, 5.74) is 1.25. The standard InChI is InChI=1S/C14H17ClN2O2/c15-9-13(18)16-12-7-5-10(6-8-12)14(19)17-11-3-1-2-4-11/h5-8,11H,1-4,9H2,(H,16,18)(H,17,19). The average Bonchev–Trinajstić information content (AvgIpc) is 2.92. The summed E-state index contributed by atoms with van der Waals surface area (Å²) >= 11 is 5.40. The number of hydrogen-bond acceptors (Lipinski definition) is 2. The van der Waals surface area contributed by atoms with E-state index in [-0.39, 0.29) is 17.7 Å². The van der Waals surface area contributed by atoms with Crippen molar-refractivity contribution in [3.63, 3.8) is 0 Å². The van der Waals surface area contributed by atoms with Gasteiger partial charge in [-0.05, 0) is 37.1 Å². The van der Waals surface area contributed by atoms with Gasteiger partial charge in [-0.15, -0.1) is 11.6 Å². The van der Waals surface area contributed by atoms with Crippen molar-refractivity contribution in [1.82, 2.24) is 5.32 Å². The molecule has 102 valence electrons. The number of anilines is 1. The van der Waals surface area contributed by atoms with Gasteiger partial charge in [0.15, 0.2) is 0 Å². The summed E-state index contributed by atoms with van der Waals surface area (Å²) in [6.45, 7) is 0. The fraction of sp³-hybridized carbons (Fsp3) is 0.429. The van der Waals surface area contributed by atoms with E-state index >= 15 is 0 Å². The number of carbonyl (C=O) groups excluding carboxylic acids is 2. The Morgan fingerprint density at radius 3 is 2.37 bits per heavy atom. The van der Waals surface area contributed by atoms with E-state index in [9.17, 15) is 9.59 Å². The van der Waals surface area contributed by atoms with Gasteiger partial charge in [-0.3, -0.25) is 9.59 Å². The van der Waals surface area contributed by atoms with Crippen LogP contribution in [0.2, 0.25) is 0 Å². The van der Waals surface area contributed by atoms with E-state index in [4.69, 9.17) is 11.6 Å². The SMILES string of the molecule is O=C(CCl)Nc1ccc(C(=O)NC2CCCC2)cc1. The highest BCUT2D eigenvalue weighted by Gasteiger charge is 2.17. The molecule has 2 amide bonds. The lowest BCUT2D eigenvalue weighted by Crippen LogP contribution is -2.32. The Hall–Kier alpha value is -1.55. The third-order valence-electron chi connectivity index (χ3n) is 3.24. The van der Waals surface area contributed by atoms with Crippen LogP contribution in [0.15, 0.2) is 24.3 Å². The summed E-state index contributed by atoms with van der Waals surface area (Å²) in [6, 6.07) is 7.12. The molecule has 0 unspecified atom stereocenters. The van der Waals surface area contributed by atoms with Crippen LogP contribution >= 0.6 is 11.6 Å². The van der Waals surface area contributed by atoms with Crippen LogP contribution in [-0.2, 0) is 4.79 Å². The first kappa shape index (κ1) is 13.9. The molecule has 1 aromatic carbocycles. The van der Waals surface area contributed by atoms with Crippen LogP contribution in [-0.4, -0.2) is 23.7 Å². The maximum absolute atomic E-state index is 12.0. The van der Waals surface area contributed by atoms with Crippen molar-refractivity contribution in [3.8, 4) is 0 Å². The van der Waals surface area contributed by atoms with Crippen LogP contribution in [0.25, 0.3) is 0 Å². The van der Waals surface area contributed by atoms with Gasteiger partial charge in [-0.25, -0.2) is 0 Å². The summed E-state index contributed by atoms with van der Waals surface area (Å²) < 4.78 is 0. The highest BCUT2D eigenvalue weighted by Crippen LogP contribution is 2.18. The van der Waals surface area contributed by atoms with E-state index in [2.05, 4.69) is 10.6 Å². The molecule has 2 rings (SSSR count). The molecule has 1 aliphatic rings. The van der Waals surface area contributed by atoms with Gasteiger partial charge in [-0.1, -0.05) is 12.8 Å². The second-order valence-electron chi connectivity index (χ2n) is 4.71. The number of amides is 2. The Balaban J connectivity index is 1.93. The molecular weight excluding hydrogens is 264 g/mol. The molecule has 0 spiro atoms. The number of alkyl halides is 1. The third kappa shape index (κ3) is 3.96. The van der Waals surface area contributed by atoms with Crippen molar-refractivity contribution in [2.75, 3.05) is 11.2 Å². The minimum Gasteiger partial charge on any atom is -0.349 e. The molecule has 4 nitrogen and oxygen atoms in total. The number of carbonyl (C=O) groups is 2. The van der Waals surface area contributed by atoms with Gasteiger partial charge in [0.05, 0.1) is 0 Å². The first-order valence-electron chi connectivity index (χ1n) is 6.46. The smallest absolute Gasteiger partial charge is 0.251 e. The molecule has 1 aromatic rings. The fourth-order valence-corrected chi connectivity index (χ4v) is 2.31. The van der Waals surface area contributed by atoms with Crippen LogP contribution in [0.3, 0.4) is 0 Å². The summed E-state index contributed by atoms with van der Waals surface area (Å²) in [7, 11) is 0. The van der Waals surface area contributed by atoms with E-state index in [1.807, 2.05) is 0 Å². The van der Waals surface area contributed by atoms with Gasteiger partial charge < -0.3 is 10.6 Å². The van der Waals surface area contributed by atoms with Crippen molar-refractivity contribution in [2.45, 2.75) is 31.7 Å². The first-order chi connectivity index (χ1) is 9.19. The minimum absolute atomic E-state index is 0.0536. The molecule has 0 heterocycles. The Morgan fingerprint density at radius 2 is 1.79 bits per heavy atom. The molecule has 1 aliphatic carbocycles. The lowest BCUT2D eigenvalue weighted by Gasteiger charge is -2.12. The molecule has 0 radical (unpaired) electrons. The normalized spacial score (nSPS) is 15.2. The molecule has 0 saturated heterocycles. The zero-order valence-electron chi connectivity index (χ0n) is 10.6. The minimum atomic E-state index is -0.259. The fourth-order valence-electron chi connectivity index (χ4n) is 2.24. The van der Waals surface area contributed by atoms with Crippen LogP contribution in [0.4, 0.5) is 5.69 Å². The van der Waals surface area contributed by atoms with Crippen molar-refractivity contribution in [1.29, 1.82) is 0 Å². The second-order valence-corrected chi connectivity index (χ2v) is 4.98. The Morgan fingerprint density at radius 1 is 1.16 bits per heavy atom. The lowest BCUT2D eigenvalue weighted by molar-refractivity contribution is -0.113. The molecule has 0 atom stereocenters. The summed E-state index contributed by atoms with van der Waals surface area (Å²) in [5.74, 6) is -0.392. The van der Waals surface area contributed by atoms with Crippen LogP contribution in [0, 0.1) is 0 Å². The predicted octanol–water partition coefficient (Wildman–Crippen LogP) is 2.54. The molecular formula is C14H17ClN2O2. The quantitative estimate of drug-likeness (QED) is 0.833. The van der Waals surface area contributed by atoms with Crippen molar-refractivity contribution >= 4 is 29.1 Å². The van der Waals surface area contributed by atoms with Crippen LogP contribution < -0.4 is 10.6 Å². The number of halogens is 1. The van der Waals surface area contributed by atoms with E-state index < -0.39 is 0 Å². The molecule has 1 saturated carbocycles. The van der Waals surface area contributed by atoms with E-state index in [0.29, 0.717) is 17.3 Å². The summed E-state index contributed by atoms with van der Waals surface area (Å²) in [4.78, 5) is 23.1. The van der Waals surface area contributed by atoms with E-state index in [1.165, 1.54) is 12.8 Å².